The molecule has 1 atom stereocenters. The lowest BCUT2D eigenvalue weighted by atomic mass is 9.87. The Morgan fingerprint density at radius 2 is 2.06 bits per heavy atom. The topological polar surface area (TPSA) is 29.1 Å². The first-order chi connectivity index (χ1) is 7.76. The van der Waals surface area contributed by atoms with Gasteiger partial charge in [0.1, 0.15) is 0 Å². The van der Waals surface area contributed by atoms with Gasteiger partial charge in [-0.05, 0) is 31.6 Å². The molecule has 0 aliphatic heterocycles. The van der Waals surface area contributed by atoms with Crippen molar-refractivity contribution in [3.8, 4) is 0 Å². The molecular weight excluding hydrogens is 222 g/mol. The number of rotatable bonds is 6. The van der Waals surface area contributed by atoms with Gasteiger partial charge in [0.25, 0.3) is 0 Å². The maximum Gasteiger partial charge on any atom is 0.220 e. The molecule has 2 nitrogen and oxygen atoms in total. The molecule has 1 unspecified atom stereocenters. The standard InChI is InChI=1S/C13H24ClNO/c1-2-12(8-9-14)15-13(16)10-11-6-4-3-5-7-11/h11-12H,2-10H2,1H3,(H,15,16). The molecular formula is C13H24ClNO. The molecule has 1 rings (SSSR count). The Hall–Kier alpha value is -0.240. The highest BCUT2D eigenvalue weighted by atomic mass is 35.5. The summed E-state index contributed by atoms with van der Waals surface area (Å²) in [5, 5.41) is 3.09. The van der Waals surface area contributed by atoms with Gasteiger partial charge in [-0.25, -0.2) is 0 Å². The van der Waals surface area contributed by atoms with Crippen molar-refractivity contribution in [3.05, 3.63) is 0 Å². The second-order valence-electron chi connectivity index (χ2n) is 4.86. The average molecular weight is 246 g/mol. The summed E-state index contributed by atoms with van der Waals surface area (Å²) in [5.74, 6) is 1.48. The highest BCUT2D eigenvalue weighted by molar-refractivity contribution is 6.17. The molecule has 1 saturated carbocycles. The summed E-state index contributed by atoms with van der Waals surface area (Å²) < 4.78 is 0. The van der Waals surface area contributed by atoms with Crippen molar-refractivity contribution in [2.24, 2.45) is 5.92 Å². The van der Waals surface area contributed by atoms with Gasteiger partial charge in [-0.3, -0.25) is 4.79 Å². The van der Waals surface area contributed by atoms with E-state index in [9.17, 15) is 4.79 Å². The van der Waals surface area contributed by atoms with Crippen LogP contribution in [-0.4, -0.2) is 17.8 Å². The van der Waals surface area contributed by atoms with E-state index in [4.69, 9.17) is 11.6 Å². The first-order valence-corrected chi connectivity index (χ1v) is 7.15. The minimum absolute atomic E-state index is 0.226. The number of carbonyl (C=O) groups is 1. The van der Waals surface area contributed by atoms with Gasteiger partial charge in [-0.2, -0.15) is 0 Å². The van der Waals surface area contributed by atoms with E-state index in [1.807, 2.05) is 0 Å². The molecule has 0 aromatic carbocycles. The Labute approximate surface area is 104 Å². The van der Waals surface area contributed by atoms with Crippen LogP contribution in [0, 0.1) is 5.92 Å². The second-order valence-corrected chi connectivity index (χ2v) is 5.24. The lowest BCUT2D eigenvalue weighted by molar-refractivity contribution is -0.123. The van der Waals surface area contributed by atoms with Crippen LogP contribution >= 0.6 is 11.6 Å². The molecule has 3 heteroatoms. The van der Waals surface area contributed by atoms with Crippen molar-refractivity contribution >= 4 is 17.5 Å². The van der Waals surface area contributed by atoms with Crippen LogP contribution in [0.3, 0.4) is 0 Å². The Balaban J connectivity index is 2.22. The maximum atomic E-state index is 11.8. The number of hydrogen-bond donors (Lipinski definition) is 1. The summed E-state index contributed by atoms with van der Waals surface area (Å²) in [5.41, 5.74) is 0. The van der Waals surface area contributed by atoms with Gasteiger partial charge < -0.3 is 5.32 Å². The second kappa shape index (κ2) is 7.94. The predicted octanol–water partition coefficient (Wildman–Crippen LogP) is 3.48. The fourth-order valence-electron chi connectivity index (χ4n) is 2.45. The van der Waals surface area contributed by atoms with E-state index in [2.05, 4.69) is 12.2 Å². The Morgan fingerprint density at radius 1 is 1.38 bits per heavy atom. The highest BCUT2D eigenvalue weighted by Crippen LogP contribution is 2.26. The largest absolute Gasteiger partial charge is 0.353 e. The normalized spacial score (nSPS) is 19.4. The molecule has 0 saturated heterocycles. The van der Waals surface area contributed by atoms with Crippen LogP contribution in [0.5, 0.6) is 0 Å². The van der Waals surface area contributed by atoms with Gasteiger partial charge in [0.05, 0.1) is 0 Å². The average Bonchev–Trinajstić information content (AvgIpc) is 2.29. The van der Waals surface area contributed by atoms with Crippen LogP contribution in [0.1, 0.15) is 58.3 Å². The molecule has 0 aromatic heterocycles. The van der Waals surface area contributed by atoms with Gasteiger partial charge in [0.2, 0.25) is 5.91 Å². The highest BCUT2D eigenvalue weighted by Gasteiger charge is 2.18. The predicted molar refractivity (Wildman–Crippen MR) is 68.8 cm³/mol. The summed E-state index contributed by atoms with van der Waals surface area (Å²) in [6.45, 7) is 2.10. The van der Waals surface area contributed by atoms with Crippen LogP contribution in [0.4, 0.5) is 0 Å². The fourth-order valence-corrected chi connectivity index (χ4v) is 2.71. The third-order valence-corrected chi connectivity index (χ3v) is 3.73. The molecule has 1 amide bonds. The van der Waals surface area contributed by atoms with Gasteiger partial charge in [-0.15, -0.1) is 11.6 Å². The van der Waals surface area contributed by atoms with Crippen molar-refractivity contribution in [1.29, 1.82) is 0 Å². The monoisotopic (exact) mass is 245 g/mol. The molecule has 0 bridgehead atoms. The summed E-state index contributed by atoms with van der Waals surface area (Å²) in [6, 6.07) is 0.272. The Kier molecular flexibility index (Phi) is 6.86. The quantitative estimate of drug-likeness (QED) is 0.714. The van der Waals surface area contributed by atoms with Gasteiger partial charge in [-0.1, -0.05) is 26.2 Å². The van der Waals surface area contributed by atoms with Crippen molar-refractivity contribution < 1.29 is 4.79 Å². The van der Waals surface area contributed by atoms with Crippen LogP contribution < -0.4 is 5.32 Å². The van der Waals surface area contributed by atoms with E-state index in [-0.39, 0.29) is 11.9 Å². The minimum atomic E-state index is 0.226. The summed E-state index contributed by atoms with van der Waals surface area (Å²) in [7, 11) is 0. The van der Waals surface area contributed by atoms with Crippen LogP contribution in [0.2, 0.25) is 0 Å². The summed E-state index contributed by atoms with van der Waals surface area (Å²) in [4.78, 5) is 11.8. The van der Waals surface area contributed by atoms with Crippen LogP contribution in [0.25, 0.3) is 0 Å². The van der Waals surface area contributed by atoms with E-state index < -0.39 is 0 Å². The van der Waals surface area contributed by atoms with Crippen molar-refractivity contribution in [3.63, 3.8) is 0 Å². The number of amides is 1. The number of nitrogens with one attached hydrogen (secondary N) is 1. The SMILES string of the molecule is CCC(CCCl)NC(=O)CC1CCCCC1. The van der Waals surface area contributed by atoms with Gasteiger partial charge in [0, 0.05) is 18.3 Å². The number of alkyl halides is 1. The lowest BCUT2D eigenvalue weighted by Crippen LogP contribution is -2.35. The zero-order valence-electron chi connectivity index (χ0n) is 10.3. The summed E-state index contributed by atoms with van der Waals surface area (Å²) >= 11 is 5.70. The smallest absolute Gasteiger partial charge is 0.220 e. The zero-order valence-corrected chi connectivity index (χ0v) is 11.1. The molecule has 94 valence electrons. The van der Waals surface area contributed by atoms with Crippen molar-refractivity contribution in [2.45, 2.75) is 64.3 Å². The molecule has 1 N–H and O–H groups in total. The zero-order chi connectivity index (χ0) is 11.8. The first-order valence-electron chi connectivity index (χ1n) is 6.61. The maximum absolute atomic E-state index is 11.8. The van der Waals surface area contributed by atoms with Crippen LogP contribution in [0.15, 0.2) is 0 Å². The number of carbonyl (C=O) groups excluding carboxylic acids is 1. The third kappa shape index (κ3) is 5.20. The van der Waals surface area contributed by atoms with Gasteiger partial charge in [0.15, 0.2) is 0 Å². The van der Waals surface area contributed by atoms with E-state index >= 15 is 0 Å². The molecule has 0 aromatic rings. The molecule has 1 fully saturated rings. The fraction of sp³-hybridized carbons (Fsp3) is 0.923. The van der Waals surface area contributed by atoms with E-state index in [0.29, 0.717) is 11.8 Å². The Bertz CT molecular complexity index is 193. The van der Waals surface area contributed by atoms with E-state index in [0.717, 1.165) is 19.3 Å². The van der Waals surface area contributed by atoms with E-state index in [1.54, 1.807) is 0 Å². The molecule has 0 heterocycles. The molecule has 1 aliphatic rings. The van der Waals surface area contributed by atoms with Crippen molar-refractivity contribution in [2.75, 3.05) is 5.88 Å². The lowest BCUT2D eigenvalue weighted by Gasteiger charge is -2.22. The molecule has 16 heavy (non-hydrogen) atoms. The first kappa shape index (κ1) is 13.8. The molecule has 0 radical (unpaired) electrons. The van der Waals surface area contributed by atoms with Crippen LogP contribution in [-0.2, 0) is 4.79 Å². The molecule has 0 spiro atoms. The minimum Gasteiger partial charge on any atom is -0.353 e. The number of halogens is 1. The van der Waals surface area contributed by atoms with Crippen molar-refractivity contribution in [1.82, 2.24) is 5.32 Å². The Morgan fingerprint density at radius 3 is 2.62 bits per heavy atom. The van der Waals surface area contributed by atoms with Gasteiger partial charge >= 0.3 is 0 Å². The molecule has 1 aliphatic carbocycles. The van der Waals surface area contributed by atoms with E-state index in [1.165, 1.54) is 32.1 Å². The number of hydrogen-bond acceptors (Lipinski definition) is 1. The third-order valence-electron chi connectivity index (χ3n) is 3.51. The summed E-state index contributed by atoms with van der Waals surface area (Å²) in [6.07, 6.45) is 9.01.